The minimum atomic E-state index is 0.0576. The highest BCUT2D eigenvalue weighted by Gasteiger charge is 2.06. The van der Waals surface area contributed by atoms with Crippen LogP contribution in [0.25, 0.3) is 0 Å². The van der Waals surface area contributed by atoms with E-state index in [-0.39, 0.29) is 6.04 Å². The average molecular weight is 222 g/mol. The summed E-state index contributed by atoms with van der Waals surface area (Å²) in [5.41, 5.74) is 8.22. The van der Waals surface area contributed by atoms with Gasteiger partial charge in [-0.3, -0.25) is 4.98 Å². The largest absolute Gasteiger partial charge is 0.382 e. The van der Waals surface area contributed by atoms with Crippen LogP contribution in [0, 0.1) is 6.92 Å². The number of rotatable bonds is 7. The van der Waals surface area contributed by atoms with Gasteiger partial charge in [-0.15, -0.1) is 0 Å². The molecule has 0 saturated heterocycles. The van der Waals surface area contributed by atoms with Gasteiger partial charge in [-0.2, -0.15) is 0 Å². The van der Waals surface area contributed by atoms with Crippen LogP contribution in [0.1, 0.15) is 43.5 Å². The van der Waals surface area contributed by atoms with Gasteiger partial charge in [0.25, 0.3) is 0 Å². The molecule has 0 aliphatic carbocycles. The molecule has 90 valence electrons. The van der Waals surface area contributed by atoms with Gasteiger partial charge in [0.05, 0.1) is 5.69 Å². The molecule has 0 spiro atoms. The van der Waals surface area contributed by atoms with E-state index in [1.165, 1.54) is 5.56 Å². The standard InChI is InChI=1S/C13H22N2O/c1-3-16-9-5-4-6-12(14)13-8-7-11(2)10-15-13/h7-8,10,12H,3-6,9,14H2,1-2H3. The summed E-state index contributed by atoms with van der Waals surface area (Å²) < 4.78 is 5.28. The maximum Gasteiger partial charge on any atom is 0.0571 e. The zero-order valence-corrected chi connectivity index (χ0v) is 10.3. The Balaban J connectivity index is 2.24. The van der Waals surface area contributed by atoms with Crippen molar-refractivity contribution in [1.29, 1.82) is 0 Å². The molecule has 0 radical (unpaired) electrons. The van der Waals surface area contributed by atoms with Crippen LogP contribution in [0.15, 0.2) is 18.3 Å². The number of aryl methyl sites for hydroxylation is 1. The minimum absolute atomic E-state index is 0.0576. The summed E-state index contributed by atoms with van der Waals surface area (Å²) in [5, 5.41) is 0. The fraction of sp³-hybridized carbons (Fsp3) is 0.615. The molecule has 0 bridgehead atoms. The maximum absolute atomic E-state index is 6.06. The molecule has 2 N–H and O–H groups in total. The molecular formula is C13H22N2O. The van der Waals surface area contributed by atoms with Gasteiger partial charge in [0.15, 0.2) is 0 Å². The molecule has 1 heterocycles. The van der Waals surface area contributed by atoms with Gasteiger partial charge in [0, 0.05) is 25.5 Å². The summed E-state index contributed by atoms with van der Waals surface area (Å²) in [4.78, 5) is 4.34. The maximum atomic E-state index is 6.06. The van der Waals surface area contributed by atoms with E-state index >= 15 is 0 Å². The van der Waals surface area contributed by atoms with Crippen LogP contribution in [-0.4, -0.2) is 18.2 Å². The quantitative estimate of drug-likeness (QED) is 0.721. The molecule has 0 aliphatic rings. The molecule has 3 heteroatoms. The Kier molecular flexibility index (Phi) is 6.04. The van der Waals surface area contributed by atoms with Gasteiger partial charge < -0.3 is 10.5 Å². The average Bonchev–Trinajstić information content (AvgIpc) is 2.29. The SMILES string of the molecule is CCOCCCCC(N)c1ccc(C)cn1. The predicted molar refractivity (Wildman–Crippen MR) is 66.2 cm³/mol. The molecule has 1 aromatic heterocycles. The molecule has 0 aliphatic heterocycles. The molecule has 1 atom stereocenters. The van der Waals surface area contributed by atoms with Crippen molar-refractivity contribution in [3.8, 4) is 0 Å². The lowest BCUT2D eigenvalue weighted by Gasteiger charge is -2.10. The van der Waals surface area contributed by atoms with Crippen LogP contribution in [0.2, 0.25) is 0 Å². The third kappa shape index (κ3) is 4.73. The Morgan fingerprint density at radius 3 is 2.81 bits per heavy atom. The van der Waals surface area contributed by atoms with Crippen molar-refractivity contribution in [2.24, 2.45) is 5.73 Å². The molecule has 1 aromatic rings. The van der Waals surface area contributed by atoms with Crippen molar-refractivity contribution in [1.82, 2.24) is 4.98 Å². The van der Waals surface area contributed by atoms with E-state index in [4.69, 9.17) is 10.5 Å². The van der Waals surface area contributed by atoms with Crippen LogP contribution in [-0.2, 0) is 4.74 Å². The summed E-state index contributed by atoms with van der Waals surface area (Å²) in [5.74, 6) is 0. The first-order valence-electron chi connectivity index (χ1n) is 6.00. The normalized spacial score (nSPS) is 12.7. The number of nitrogens with two attached hydrogens (primary N) is 1. The first kappa shape index (κ1) is 13.1. The first-order valence-corrected chi connectivity index (χ1v) is 6.00. The van der Waals surface area contributed by atoms with E-state index in [9.17, 15) is 0 Å². The van der Waals surface area contributed by atoms with Gasteiger partial charge in [-0.05, 0) is 44.7 Å². The lowest BCUT2D eigenvalue weighted by Crippen LogP contribution is -2.12. The number of nitrogens with zero attached hydrogens (tertiary/aromatic N) is 1. The summed E-state index contributed by atoms with van der Waals surface area (Å²) in [7, 11) is 0. The van der Waals surface area contributed by atoms with E-state index in [1.807, 2.05) is 26.1 Å². The highest BCUT2D eigenvalue weighted by molar-refractivity contribution is 5.14. The summed E-state index contributed by atoms with van der Waals surface area (Å²) in [6.45, 7) is 5.68. The fourth-order valence-electron chi connectivity index (χ4n) is 1.56. The van der Waals surface area contributed by atoms with E-state index in [0.29, 0.717) is 0 Å². The van der Waals surface area contributed by atoms with Crippen molar-refractivity contribution in [2.75, 3.05) is 13.2 Å². The van der Waals surface area contributed by atoms with Crippen LogP contribution < -0.4 is 5.73 Å². The molecular weight excluding hydrogens is 200 g/mol. The second-order valence-corrected chi connectivity index (χ2v) is 4.06. The number of pyridine rings is 1. The lowest BCUT2D eigenvalue weighted by atomic mass is 10.1. The molecule has 1 rings (SSSR count). The van der Waals surface area contributed by atoms with E-state index < -0.39 is 0 Å². The van der Waals surface area contributed by atoms with Crippen LogP contribution >= 0.6 is 0 Å². The summed E-state index contributed by atoms with van der Waals surface area (Å²) in [6, 6.07) is 4.13. The second kappa shape index (κ2) is 7.36. The zero-order chi connectivity index (χ0) is 11.8. The smallest absolute Gasteiger partial charge is 0.0571 e. The van der Waals surface area contributed by atoms with Crippen molar-refractivity contribution in [2.45, 2.75) is 39.2 Å². The topological polar surface area (TPSA) is 48.1 Å². The summed E-state index contributed by atoms with van der Waals surface area (Å²) in [6.07, 6.45) is 5.02. The molecule has 0 saturated carbocycles. The van der Waals surface area contributed by atoms with Crippen LogP contribution in [0.5, 0.6) is 0 Å². The molecule has 0 amide bonds. The zero-order valence-electron chi connectivity index (χ0n) is 10.3. The fourth-order valence-corrected chi connectivity index (χ4v) is 1.56. The van der Waals surface area contributed by atoms with E-state index in [2.05, 4.69) is 11.1 Å². The molecule has 0 aromatic carbocycles. The number of unbranched alkanes of at least 4 members (excludes halogenated alkanes) is 1. The van der Waals surface area contributed by atoms with Crippen molar-refractivity contribution in [3.63, 3.8) is 0 Å². The molecule has 1 unspecified atom stereocenters. The van der Waals surface area contributed by atoms with Gasteiger partial charge in [-0.1, -0.05) is 6.07 Å². The number of hydrogen-bond acceptors (Lipinski definition) is 3. The third-order valence-electron chi connectivity index (χ3n) is 2.57. The Labute approximate surface area is 98.0 Å². The molecule has 0 fully saturated rings. The minimum Gasteiger partial charge on any atom is -0.382 e. The second-order valence-electron chi connectivity index (χ2n) is 4.06. The first-order chi connectivity index (χ1) is 7.74. The monoisotopic (exact) mass is 222 g/mol. The predicted octanol–water partition coefficient (Wildman–Crippen LogP) is 2.60. The van der Waals surface area contributed by atoms with E-state index in [1.54, 1.807) is 0 Å². The third-order valence-corrected chi connectivity index (χ3v) is 2.57. The van der Waals surface area contributed by atoms with Crippen molar-refractivity contribution >= 4 is 0 Å². The Morgan fingerprint density at radius 2 is 2.19 bits per heavy atom. The van der Waals surface area contributed by atoms with Crippen molar-refractivity contribution in [3.05, 3.63) is 29.6 Å². The Hall–Kier alpha value is -0.930. The lowest BCUT2D eigenvalue weighted by molar-refractivity contribution is 0.142. The Morgan fingerprint density at radius 1 is 1.38 bits per heavy atom. The number of hydrogen-bond donors (Lipinski definition) is 1. The van der Waals surface area contributed by atoms with Crippen LogP contribution in [0.4, 0.5) is 0 Å². The molecule has 3 nitrogen and oxygen atoms in total. The Bertz CT molecular complexity index is 284. The molecule has 16 heavy (non-hydrogen) atoms. The van der Waals surface area contributed by atoms with Crippen LogP contribution in [0.3, 0.4) is 0 Å². The van der Waals surface area contributed by atoms with E-state index in [0.717, 1.165) is 38.2 Å². The highest BCUT2D eigenvalue weighted by Crippen LogP contribution is 2.14. The summed E-state index contributed by atoms with van der Waals surface area (Å²) >= 11 is 0. The number of ether oxygens (including phenoxy) is 1. The van der Waals surface area contributed by atoms with Gasteiger partial charge >= 0.3 is 0 Å². The van der Waals surface area contributed by atoms with Gasteiger partial charge in [0.2, 0.25) is 0 Å². The number of aromatic nitrogens is 1. The highest BCUT2D eigenvalue weighted by atomic mass is 16.5. The van der Waals surface area contributed by atoms with Gasteiger partial charge in [-0.25, -0.2) is 0 Å². The van der Waals surface area contributed by atoms with Gasteiger partial charge in [0.1, 0.15) is 0 Å². The van der Waals surface area contributed by atoms with Crippen molar-refractivity contribution < 1.29 is 4.74 Å².